The fraction of sp³-hybridized carbons (Fsp3) is 0.538. The normalized spacial score (nSPS) is 21.0. The summed E-state index contributed by atoms with van der Waals surface area (Å²) in [5, 5.41) is 18.5. The van der Waals surface area contributed by atoms with Gasteiger partial charge in [0.25, 0.3) is 0 Å². The van der Waals surface area contributed by atoms with E-state index in [4.69, 9.17) is 5.11 Å². The van der Waals surface area contributed by atoms with Gasteiger partial charge in [-0.25, -0.2) is 9.78 Å². The lowest BCUT2D eigenvalue weighted by atomic mass is 10.1. The number of aromatic carboxylic acids is 1. The molecule has 98 valence electrons. The zero-order valence-corrected chi connectivity index (χ0v) is 10.4. The van der Waals surface area contributed by atoms with Crippen LogP contribution in [-0.4, -0.2) is 39.9 Å². The minimum absolute atomic E-state index is 0.251. The van der Waals surface area contributed by atoms with Gasteiger partial charge >= 0.3 is 5.97 Å². The number of anilines is 1. The lowest BCUT2D eigenvalue weighted by molar-refractivity contribution is 0.0696. The molecule has 0 saturated carbocycles. The number of carbonyl (C=O) groups is 1. The van der Waals surface area contributed by atoms with Crippen molar-refractivity contribution in [2.45, 2.75) is 38.3 Å². The van der Waals surface area contributed by atoms with Gasteiger partial charge in [-0.05, 0) is 38.3 Å². The molecule has 0 radical (unpaired) electrons. The first-order valence-corrected chi connectivity index (χ1v) is 6.22. The smallest absolute Gasteiger partial charge is 0.335 e. The molecular formula is C13H18N2O3. The van der Waals surface area contributed by atoms with E-state index < -0.39 is 5.97 Å². The Hall–Kier alpha value is -1.62. The van der Waals surface area contributed by atoms with Crippen LogP contribution in [0.5, 0.6) is 0 Å². The summed E-state index contributed by atoms with van der Waals surface area (Å²) in [7, 11) is 0. The quantitative estimate of drug-likeness (QED) is 0.847. The second-order valence-electron chi connectivity index (χ2n) is 4.78. The minimum atomic E-state index is -0.940. The molecule has 18 heavy (non-hydrogen) atoms. The van der Waals surface area contributed by atoms with Gasteiger partial charge in [0.2, 0.25) is 0 Å². The Bertz CT molecular complexity index is 434. The minimum Gasteiger partial charge on any atom is -0.478 e. The van der Waals surface area contributed by atoms with Crippen LogP contribution in [0.3, 0.4) is 0 Å². The summed E-state index contributed by atoms with van der Waals surface area (Å²) in [6.07, 6.45) is 3.94. The number of nitrogens with zero attached hydrogens (tertiary/aromatic N) is 2. The highest BCUT2D eigenvalue weighted by Gasteiger charge is 2.27. The van der Waals surface area contributed by atoms with Crippen molar-refractivity contribution in [2.24, 2.45) is 0 Å². The molecule has 1 aliphatic heterocycles. The Morgan fingerprint density at radius 1 is 1.67 bits per heavy atom. The van der Waals surface area contributed by atoms with E-state index in [1.165, 1.54) is 12.3 Å². The molecule has 1 aromatic heterocycles. The van der Waals surface area contributed by atoms with Crippen LogP contribution in [0.25, 0.3) is 0 Å². The lowest BCUT2D eigenvalue weighted by Crippen LogP contribution is -2.32. The standard InChI is InChI=1S/C13H18N2O3/c1-9(16)7-11-3-2-6-15(11)12-8-10(13(17)18)4-5-14-12/h4-5,8-9,11,16H,2-3,6-7H2,1H3,(H,17,18). The summed E-state index contributed by atoms with van der Waals surface area (Å²) in [6, 6.07) is 3.34. The number of aliphatic hydroxyl groups excluding tert-OH is 1. The molecule has 0 spiro atoms. The Morgan fingerprint density at radius 2 is 2.44 bits per heavy atom. The molecule has 2 N–H and O–H groups in total. The zero-order valence-electron chi connectivity index (χ0n) is 10.4. The monoisotopic (exact) mass is 250 g/mol. The number of hydrogen-bond donors (Lipinski definition) is 2. The number of carboxylic acids is 1. The topological polar surface area (TPSA) is 73.7 Å². The van der Waals surface area contributed by atoms with Crippen LogP contribution in [-0.2, 0) is 0 Å². The van der Waals surface area contributed by atoms with E-state index in [-0.39, 0.29) is 17.7 Å². The maximum Gasteiger partial charge on any atom is 0.335 e. The molecule has 1 saturated heterocycles. The molecule has 2 atom stereocenters. The molecule has 5 heteroatoms. The maximum absolute atomic E-state index is 10.9. The summed E-state index contributed by atoms with van der Waals surface area (Å²) in [4.78, 5) is 17.3. The number of aromatic nitrogens is 1. The summed E-state index contributed by atoms with van der Waals surface area (Å²) in [5.41, 5.74) is 0.252. The van der Waals surface area contributed by atoms with Gasteiger partial charge < -0.3 is 15.1 Å². The first-order chi connectivity index (χ1) is 8.58. The third kappa shape index (κ3) is 2.79. The molecule has 0 bridgehead atoms. The number of pyridine rings is 1. The predicted molar refractivity (Wildman–Crippen MR) is 67.9 cm³/mol. The van der Waals surface area contributed by atoms with Crippen molar-refractivity contribution in [3.05, 3.63) is 23.9 Å². The number of carboxylic acid groups (broad SMARTS) is 1. The van der Waals surface area contributed by atoms with Crippen LogP contribution in [0.4, 0.5) is 5.82 Å². The predicted octanol–water partition coefficient (Wildman–Crippen LogP) is 1.52. The van der Waals surface area contributed by atoms with Gasteiger partial charge in [0, 0.05) is 18.8 Å². The van der Waals surface area contributed by atoms with Crippen LogP contribution >= 0.6 is 0 Å². The molecule has 1 aromatic rings. The van der Waals surface area contributed by atoms with Gasteiger partial charge in [0.15, 0.2) is 0 Å². The van der Waals surface area contributed by atoms with Crippen LogP contribution in [0, 0.1) is 0 Å². The Balaban J connectivity index is 2.19. The molecule has 2 rings (SSSR count). The van der Waals surface area contributed by atoms with E-state index in [0.29, 0.717) is 12.2 Å². The number of rotatable bonds is 4. The average molecular weight is 250 g/mol. The Morgan fingerprint density at radius 3 is 3.11 bits per heavy atom. The zero-order chi connectivity index (χ0) is 13.1. The molecule has 1 fully saturated rings. The van der Waals surface area contributed by atoms with E-state index in [9.17, 15) is 9.90 Å². The summed E-state index contributed by atoms with van der Waals surface area (Å²) in [5.74, 6) is -0.247. The molecule has 5 nitrogen and oxygen atoms in total. The maximum atomic E-state index is 10.9. The molecular weight excluding hydrogens is 232 g/mol. The van der Waals surface area contributed by atoms with E-state index in [0.717, 1.165) is 19.4 Å². The molecule has 2 unspecified atom stereocenters. The largest absolute Gasteiger partial charge is 0.478 e. The Labute approximate surface area is 106 Å². The van der Waals surface area contributed by atoms with Crippen LogP contribution in [0.15, 0.2) is 18.3 Å². The van der Waals surface area contributed by atoms with Gasteiger partial charge in [-0.15, -0.1) is 0 Å². The van der Waals surface area contributed by atoms with Gasteiger partial charge in [-0.2, -0.15) is 0 Å². The van der Waals surface area contributed by atoms with E-state index in [1.54, 1.807) is 13.0 Å². The fourth-order valence-corrected chi connectivity index (χ4v) is 2.48. The highest BCUT2D eigenvalue weighted by Crippen LogP contribution is 2.27. The van der Waals surface area contributed by atoms with Gasteiger partial charge in [0.05, 0.1) is 11.7 Å². The van der Waals surface area contributed by atoms with Gasteiger partial charge in [-0.1, -0.05) is 0 Å². The molecule has 0 aromatic carbocycles. The van der Waals surface area contributed by atoms with Crippen molar-refractivity contribution in [3.63, 3.8) is 0 Å². The molecule has 0 aliphatic carbocycles. The van der Waals surface area contributed by atoms with Gasteiger partial charge in [-0.3, -0.25) is 0 Å². The van der Waals surface area contributed by atoms with Crippen molar-refractivity contribution in [1.82, 2.24) is 4.98 Å². The fourth-order valence-electron chi connectivity index (χ4n) is 2.48. The van der Waals surface area contributed by atoms with Crippen molar-refractivity contribution < 1.29 is 15.0 Å². The summed E-state index contributed by atoms with van der Waals surface area (Å²) >= 11 is 0. The molecule has 0 amide bonds. The van der Waals surface area contributed by atoms with E-state index in [1.807, 2.05) is 0 Å². The number of aliphatic hydroxyl groups is 1. The van der Waals surface area contributed by atoms with Crippen molar-refractivity contribution in [2.75, 3.05) is 11.4 Å². The Kier molecular flexibility index (Phi) is 3.81. The second-order valence-corrected chi connectivity index (χ2v) is 4.78. The molecule has 1 aliphatic rings. The number of hydrogen-bond acceptors (Lipinski definition) is 4. The van der Waals surface area contributed by atoms with Crippen LogP contribution in [0.1, 0.15) is 36.5 Å². The van der Waals surface area contributed by atoms with Crippen LogP contribution < -0.4 is 4.90 Å². The van der Waals surface area contributed by atoms with Crippen LogP contribution in [0.2, 0.25) is 0 Å². The average Bonchev–Trinajstić information content (AvgIpc) is 2.76. The molecule has 2 heterocycles. The highest BCUT2D eigenvalue weighted by molar-refractivity contribution is 5.88. The third-order valence-electron chi connectivity index (χ3n) is 3.28. The van der Waals surface area contributed by atoms with Crippen molar-refractivity contribution >= 4 is 11.8 Å². The van der Waals surface area contributed by atoms with E-state index in [2.05, 4.69) is 9.88 Å². The van der Waals surface area contributed by atoms with Gasteiger partial charge in [0.1, 0.15) is 5.82 Å². The first kappa shape index (κ1) is 12.8. The summed E-state index contributed by atoms with van der Waals surface area (Å²) < 4.78 is 0. The first-order valence-electron chi connectivity index (χ1n) is 6.22. The second kappa shape index (κ2) is 5.35. The van der Waals surface area contributed by atoms with Crippen molar-refractivity contribution in [3.8, 4) is 0 Å². The highest BCUT2D eigenvalue weighted by atomic mass is 16.4. The SMILES string of the molecule is CC(O)CC1CCCN1c1cc(C(=O)O)ccn1. The van der Waals surface area contributed by atoms with Crippen molar-refractivity contribution in [1.29, 1.82) is 0 Å². The van der Waals surface area contributed by atoms with E-state index >= 15 is 0 Å². The third-order valence-corrected chi connectivity index (χ3v) is 3.28. The lowest BCUT2D eigenvalue weighted by Gasteiger charge is -2.26. The summed E-state index contributed by atoms with van der Waals surface area (Å²) in [6.45, 7) is 2.64.